The molecule has 2 N–H and O–H groups in total. The highest BCUT2D eigenvalue weighted by Crippen LogP contribution is 2.41. The van der Waals surface area contributed by atoms with Crippen molar-refractivity contribution in [1.82, 2.24) is 10.3 Å². The molecule has 0 saturated heterocycles. The molecule has 1 aliphatic carbocycles. The van der Waals surface area contributed by atoms with Crippen LogP contribution in [0.25, 0.3) is 0 Å². The molecule has 0 spiro atoms. The second kappa shape index (κ2) is 6.22. The van der Waals surface area contributed by atoms with Crippen LogP contribution in [0.5, 0.6) is 0 Å². The van der Waals surface area contributed by atoms with E-state index in [4.69, 9.17) is 11.6 Å². The summed E-state index contributed by atoms with van der Waals surface area (Å²) in [7, 11) is 0. The van der Waals surface area contributed by atoms with Crippen molar-refractivity contribution >= 4 is 22.9 Å². The van der Waals surface area contributed by atoms with E-state index >= 15 is 0 Å². The molecule has 1 heterocycles. The van der Waals surface area contributed by atoms with Gasteiger partial charge in [-0.1, -0.05) is 23.7 Å². The van der Waals surface area contributed by atoms with E-state index in [1.807, 2.05) is 30.5 Å². The highest BCUT2D eigenvalue weighted by molar-refractivity contribution is 7.11. The maximum atomic E-state index is 9.52. The third kappa shape index (κ3) is 3.38. The Morgan fingerprint density at radius 3 is 2.75 bits per heavy atom. The Morgan fingerprint density at radius 1 is 1.35 bits per heavy atom. The summed E-state index contributed by atoms with van der Waals surface area (Å²) in [5.41, 5.74) is 1.05. The molecule has 1 aromatic carbocycles. The predicted molar refractivity (Wildman–Crippen MR) is 82.2 cm³/mol. The molecule has 106 valence electrons. The fourth-order valence-corrected chi connectivity index (χ4v) is 3.29. The van der Waals surface area contributed by atoms with Crippen molar-refractivity contribution in [3.63, 3.8) is 0 Å². The van der Waals surface area contributed by atoms with Crippen molar-refractivity contribution in [3.8, 4) is 0 Å². The molecule has 1 fully saturated rings. The van der Waals surface area contributed by atoms with E-state index in [0.29, 0.717) is 10.9 Å². The maximum absolute atomic E-state index is 9.52. The number of hydrogen-bond acceptors (Lipinski definition) is 4. The molecular formula is C15H17ClN2OS. The third-order valence-corrected chi connectivity index (χ3v) is 4.89. The molecule has 5 heteroatoms. The molecule has 20 heavy (non-hydrogen) atoms. The van der Waals surface area contributed by atoms with Crippen LogP contribution in [0.4, 0.5) is 0 Å². The highest BCUT2D eigenvalue weighted by Gasteiger charge is 2.26. The van der Waals surface area contributed by atoms with Crippen molar-refractivity contribution < 1.29 is 5.11 Å². The first-order chi connectivity index (χ1) is 9.76. The summed E-state index contributed by atoms with van der Waals surface area (Å²) in [4.78, 5) is 5.69. The van der Waals surface area contributed by atoms with E-state index in [0.717, 1.165) is 12.1 Å². The van der Waals surface area contributed by atoms with Crippen molar-refractivity contribution in [1.29, 1.82) is 0 Å². The molecular weight excluding hydrogens is 292 g/mol. The van der Waals surface area contributed by atoms with Gasteiger partial charge in [-0.15, -0.1) is 11.3 Å². The van der Waals surface area contributed by atoms with Crippen LogP contribution >= 0.6 is 22.9 Å². The summed E-state index contributed by atoms with van der Waals surface area (Å²) in [6, 6.07) is 7.51. The number of rotatable bonds is 6. The largest absolute Gasteiger partial charge is 0.394 e. The minimum Gasteiger partial charge on any atom is -0.394 e. The lowest BCUT2D eigenvalue weighted by Crippen LogP contribution is -2.23. The number of hydrogen-bond donors (Lipinski definition) is 2. The molecule has 0 amide bonds. The molecule has 1 unspecified atom stereocenters. The summed E-state index contributed by atoms with van der Waals surface area (Å²) in [5.74, 6) is 0.707. The Kier molecular flexibility index (Phi) is 4.36. The monoisotopic (exact) mass is 308 g/mol. The van der Waals surface area contributed by atoms with Crippen LogP contribution in [0.2, 0.25) is 5.02 Å². The minimum atomic E-state index is -0.0706. The van der Waals surface area contributed by atoms with Crippen molar-refractivity contribution in [3.05, 3.63) is 50.9 Å². The van der Waals surface area contributed by atoms with Gasteiger partial charge in [-0.05, 0) is 30.5 Å². The van der Waals surface area contributed by atoms with E-state index in [-0.39, 0.29) is 12.6 Å². The van der Waals surface area contributed by atoms with Gasteiger partial charge < -0.3 is 10.4 Å². The third-order valence-electron chi connectivity index (χ3n) is 3.48. The Hall–Kier alpha value is -0.940. The average Bonchev–Trinajstić information content (AvgIpc) is 3.21. The number of benzene rings is 1. The van der Waals surface area contributed by atoms with E-state index < -0.39 is 0 Å². The number of aromatic nitrogens is 1. The number of nitrogens with one attached hydrogen (secondary N) is 1. The number of nitrogens with zero attached hydrogens (tertiary/aromatic N) is 1. The SMILES string of the molecule is OCC(NCc1cnc(C2CC2)s1)c1ccc(Cl)cc1. The number of halogens is 1. The van der Waals surface area contributed by atoms with E-state index in [9.17, 15) is 5.11 Å². The predicted octanol–water partition coefficient (Wildman–Crippen LogP) is 3.50. The molecule has 1 aliphatic rings. The van der Waals surface area contributed by atoms with Crippen molar-refractivity contribution in [2.24, 2.45) is 0 Å². The second-order valence-electron chi connectivity index (χ2n) is 5.11. The lowest BCUT2D eigenvalue weighted by Gasteiger charge is -2.16. The molecule has 3 nitrogen and oxygen atoms in total. The van der Waals surface area contributed by atoms with Crippen LogP contribution in [0.1, 0.15) is 40.2 Å². The quantitative estimate of drug-likeness (QED) is 0.858. The molecule has 2 aromatic rings. The maximum Gasteiger partial charge on any atom is 0.0959 e. The van der Waals surface area contributed by atoms with Crippen molar-refractivity contribution in [2.45, 2.75) is 31.3 Å². The average molecular weight is 309 g/mol. The molecule has 1 aromatic heterocycles. The lowest BCUT2D eigenvalue weighted by atomic mass is 10.1. The zero-order valence-corrected chi connectivity index (χ0v) is 12.6. The molecule has 0 bridgehead atoms. The topological polar surface area (TPSA) is 45.1 Å². The van der Waals surface area contributed by atoms with Gasteiger partial charge >= 0.3 is 0 Å². The van der Waals surface area contributed by atoms with Crippen LogP contribution in [-0.2, 0) is 6.54 Å². The molecule has 1 atom stereocenters. The lowest BCUT2D eigenvalue weighted by molar-refractivity contribution is 0.244. The fraction of sp³-hybridized carbons (Fsp3) is 0.400. The summed E-state index contributed by atoms with van der Waals surface area (Å²) in [5, 5.41) is 14.9. The molecule has 1 saturated carbocycles. The Bertz CT molecular complexity index is 566. The normalized spacial score (nSPS) is 16.3. The number of thiazole rings is 1. The van der Waals surface area contributed by atoms with Crippen LogP contribution in [0.15, 0.2) is 30.5 Å². The first kappa shape index (κ1) is 14.0. The van der Waals surface area contributed by atoms with Crippen LogP contribution < -0.4 is 5.32 Å². The fourth-order valence-electron chi connectivity index (χ4n) is 2.13. The zero-order valence-electron chi connectivity index (χ0n) is 11.1. The summed E-state index contributed by atoms with van der Waals surface area (Å²) < 4.78 is 0. The van der Waals surface area contributed by atoms with Gasteiger partial charge in [-0.2, -0.15) is 0 Å². The van der Waals surface area contributed by atoms with Gasteiger partial charge in [0, 0.05) is 28.6 Å². The Labute approximate surface area is 127 Å². The van der Waals surface area contributed by atoms with E-state index in [1.54, 1.807) is 11.3 Å². The van der Waals surface area contributed by atoms with Gasteiger partial charge in [0.15, 0.2) is 0 Å². The summed E-state index contributed by atoms with van der Waals surface area (Å²) in [6.45, 7) is 0.800. The van der Waals surface area contributed by atoms with Gasteiger partial charge in [0.25, 0.3) is 0 Å². The van der Waals surface area contributed by atoms with Gasteiger partial charge in [0.05, 0.1) is 17.7 Å². The zero-order chi connectivity index (χ0) is 13.9. The number of aliphatic hydroxyl groups excluding tert-OH is 1. The van der Waals surface area contributed by atoms with Crippen LogP contribution in [0, 0.1) is 0 Å². The van der Waals surface area contributed by atoms with Gasteiger partial charge in [0.1, 0.15) is 0 Å². The first-order valence-electron chi connectivity index (χ1n) is 6.80. The van der Waals surface area contributed by atoms with Crippen LogP contribution in [0.3, 0.4) is 0 Å². The highest BCUT2D eigenvalue weighted by atomic mass is 35.5. The molecule has 3 rings (SSSR count). The second-order valence-corrected chi connectivity index (χ2v) is 6.69. The van der Waals surface area contributed by atoms with E-state index in [1.165, 1.54) is 22.7 Å². The van der Waals surface area contributed by atoms with Crippen LogP contribution in [-0.4, -0.2) is 16.7 Å². The summed E-state index contributed by atoms with van der Waals surface area (Å²) >= 11 is 7.66. The van der Waals surface area contributed by atoms with E-state index in [2.05, 4.69) is 10.3 Å². The standard InChI is InChI=1S/C15H17ClN2OS/c16-12-5-3-10(4-6-12)14(9-19)17-7-13-8-18-15(20-13)11-1-2-11/h3-6,8,11,14,17,19H,1-2,7,9H2. The number of aliphatic hydroxyl groups is 1. The molecule has 0 radical (unpaired) electrons. The van der Waals surface area contributed by atoms with Crippen molar-refractivity contribution in [2.75, 3.05) is 6.61 Å². The molecule has 0 aliphatic heterocycles. The minimum absolute atomic E-state index is 0.0654. The Balaban J connectivity index is 1.60. The Morgan fingerprint density at radius 2 is 2.10 bits per heavy atom. The van der Waals surface area contributed by atoms with Gasteiger partial charge in [0.2, 0.25) is 0 Å². The van der Waals surface area contributed by atoms with Gasteiger partial charge in [-0.3, -0.25) is 0 Å². The smallest absolute Gasteiger partial charge is 0.0959 e. The van der Waals surface area contributed by atoms with Gasteiger partial charge in [-0.25, -0.2) is 4.98 Å². The first-order valence-corrected chi connectivity index (χ1v) is 8.00. The summed E-state index contributed by atoms with van der Waals surface area (Å²) in [6.07, 6.45) is 4.51.